The first-order chi connectivity index (χ1) is 11.4. The normalized spacial score (nSPS) is 14.7. The number of aliphatic hydroxyl groups excluding tert-OH is 3. The van der Waals surface area contributed by atoms with Crippen LogP contribution in [0.2, 0.25) is 0 Å². The minimum atomic E-state index is -0.894. The average Bonchev–Trinajstić information content (AvgIpc) is 2.87. The molecule has 0 aliphatic carbocycles. The molecule has 1 aromatic heterocycles. The molecule has 6 nitrogen and oxygen atoms in total. The zero-order chi connectivity index (χ0) is 17.9. The maximum absolute atomic E-state index is 10.1. The lowest BCUT2D eigenvalue weighted by atomic mass is 10.0. The summed E-state index contributed by atoms with van der Waals surface area (Å²) in [5, 5.41) is 28.3. The molecule has 3 atom stereocenters. The third-order valence-electron chi connectivity index (χ3n) is 4.36. The molecule has 0 saturated heterocycles. The fourth-order valence-corrected chi connectivity index (χ4v) is 2.95. The lowest BCUT2D eigenvalue weighted by molar-refractivity contribution is 0.109. The Hall–Kier alpha value is -1.41. The van der Waals surface area contributed by atoms with Crippen LogP contribution in [0.1, 0.15) is 28.6 Å². The highest BCUT2D eigenvalue weighted by Gasteiger charge is 2.17. The summed E-state index contributed by atoms with van der Waals surface area (Å²) < 4.78 is 2.11. The minimum Gasteiger partial charge on any atom is -0.395 e. The first-order valence-electron chi connectivity index (χ1n) is 8.08. The van der Waals surface area contributed by atoms with E-state index in [4.69, 9.17) is 21.7 Å². The van der Waals surface area contributed by atoms with E-state index >= 15 is 0 Å². The Balaban J connectivity index is 0.00000312. The van der Waals surface area contributed by atoms with Crippen LogP contribution in [-0.2, 0) is 6.42 Å². The highest BCUT2D eigenvalue weighted by Crippen LogP contribution is 2.24. The van der Waals surface area contributed by atoms with Gasteiger partial charge in [-0.25, -0.2) is 0 Å². The number of nitrogens with two attached hydrogens (primary N) is 2. The standard InChI is InChI=1S/C18H27N3O3.ClH/c1-11-7-14(8-15(19)9-22)12(2)21(11)16-5-3-13(4-6-16)18(24)17(20)10-23;/h3-7,15,17-18,22-24H,8-10,19-20H2,1-2H3;1H. The van der Waals surface area contributed by atoms with Gasteiger partial charge in [0.1, 0.15) is 0 Å². The fraction of sp³-hybridized carbons (Fsp3) is 0.444. The van der Waals surface area contributed by atoms with Gasteiger partial charge in [-0.3, -0.25) is 0 Å². The van der Waals surface area contributed by atoms with Crippen molar-refractivity contribution in [1.82, 2.24) is 4.57 Å². The second-order valence-corrected chi connectivity index (χ2v) is 6.26. The molecule has 1 aromatic carbocycles. The highest BCUT2D eigenvalue weighted by molar-refractivity contribution is 5.85. The molecule has 0 amide bonds. The molecule has 0 fully saturated rings. The molecular formula is C18H28ClN3O3. The van der Waals surface area contributed by atoms with Gasteiger partial charge in [0.2, 0.25) is 0 Å². The van der Waals surface area contributed by atoms with Crippen LogP contribution < -0.4 is 11.5 Å². The summed E-state index contributed by atoms with van der Waals surface area (Å²) in [5.41, 5.74) is 16.4. The van der Waals surface area contributed by atoms with Gasteiger partial charge in [0.25, 0.3) is 0 Å². The molecule has 2 rings (SSSR count). The largest absolute Gasteiger partial charge is 0.395 e. The van der Waals surface area contributed by atoms with Gasteiger partial charge in [0.05, 0.1) is 25.4 Å². The van der Waals surface area contributed by atoms with Gasteiger partial charge < -0.3 is 31.4 Å². The van der Waals surface area contributed by atoms with Gasteiger partial charge in [0, 0.05) is 23.1 Å². The van der Waals surface area contributed by atoms with Crippen LogP contribution in [0, 0.1) is 13.8 Å². The van der Waals surface area contributed by atoms with Crippen molar-refractivity contribution in [3.63, 3.8) is 0 Å². The fourth-order valence-electron chi connectivity index (χ4n) is 2.95. The van der Waals surface area contributed by atoms with E-state index in [9.17, 15) is 5.11 Å². The van der Waals surface area contributed by atoms with E-state index in [1.165, 1.54) is 0 Å². The zero-order valence-electron chi connectivity index (χ0n) is 14.6. The van der Waals surface area contributed by atoms with Crippen LogP contribution in [0.3, 0.4) is 0 Å². The number of halogens is 1. The Labute approximate surface area is 154 Å². The van der Waals surface area contributed by atoms with E-state index < -0.39 is 12.1 Å². The molecule has 3 unspecified atom stereocenters. The molecule has 0 bridgehead atoms. The maximum Gasteiger partial charge on any atom is 0.0963 e. The van der Waals surface area contributed by atoms with Crippen molar-refractivity contribution in [2.24, 2.45) is 11.5 Å². The molecule has 140 valence electrons. The second-order valence-electron chi connectivity index (χ2n) is 6.26. The Bertz CT molecular complexity index is 673. The van der Waals surface area contributed by atoms with Gasteiger partial charge in [-0.05, 0) is 49.6 Å². The third kappa shape index (κ3) is 4.82. The summed E-state index contributed by atoms with van der Waals surface area (Å²) in [6, 6.07) is 8.57. The number of aryl methyl sites for hydroxylation is 1. The summed E-state index contributed by atoms with van der Waals surface area (Å²) in [7, 11) is 0. The summed E-state index contributed by atoms with van der Waals surface area (Å²) in [5.74, 6) is 0. The minimum absolute atomic E-state index is 0. The number of aliphatic hydroxyl groups is 3. The van der Waals surface area contributed by atoms with Crippen molar-refractivity contribution in [3.05, 3.63) is 52.8 Å². The molecule has 0 radical (unpaired) electrons. The first kappa shape index (κ1) is 21.6. The van der Waals surface area contributed by atoms with Crippen LogP contribution in [0.25, 0.3) is 5.69 Å². The van der Waals surface area contributed by atoms with Crippen LogP contribution in [0.4, 0.5) is 0 Å². The first-order valence-corrected chi connectivity index (χ1v) is 8.08. The van der Waals surface area contributed by atoms with E-state index in [0.717, 1.165) is 22.6 Å². The molecule has 0 aliphatic rings. The SMILES string of the molecule is Cc1cc(CC(N)CO)c(C)n1-c1ccc(C(O)C(N)CO)cc1.Cl. The predicted octanol–water partition coefficient (Wildman–Crippen LogP) is 0.731. The van der Waals surface area contributed by atoms with Crippen LogP contribution in [-0.4, -0.2) is 45.2 Å². The van der Waals surface area contributed by atoms with Crippen molar-refractivity contribution in [1.29, 1.82) is 0 Å². The molecule has 7 N–H and O–H groups in total. The average molecular weight is 370 g/mol. The number of rotatable bonds is 7. The van der Waals surface area contributed by atoms with E-state index in [2.05, 4.69) is 10.6 Å². The maximum atomic E-state index is 10.1. The molecule has 7 heteroatoms. The Morgan fingerprint density at radius 2 is 1.64 bits per heavy atom. The molecule has 0 aliphatic heterocycles. The van der Waals surface area contributed by atoms with E-state index in [1.807, 2.05) is 38.1 Å². The van der Waals surface area contributed by atoms with E-state index in [1.54, 1.807) is 0 Å². The number of nitrogens with zero attached hydrogens (tertiary/aromatic N) is 1. The van der Waals surface area contributed by atoms with Gasteiger partial charge in [-0.15, -0.1) is 12.4 Å². The monoisotopic (exact) mass is 369 g/mol. The topological polar surface area (TPSA) is 118 Å². The van der Waals surface area contributed by atoms with Crippen molar-refractivity contribution < 1.29 is 15.3 Å². The van der Waals surface area contributed by atoms with E-state index in [0.29, 0.717) is 12.0 Å². The van der Waals surface area contributed by atoms with E-state index in [-0.39, 0.29) is 31.7 Å². The number of aromatic nitrogens is 1. The Morgan fingerprint density at radius 1 is 1.04 bits per heavy atom. The van der Waals surface area contributed by atoms with Gasteiger partial charge in [-0.2, -0.15) is 0 Å². The number of hydrogen-bond donors (Lipinski definition) is 5. The molecule has 2 aromatic rings. The quantitative estimate of drug-likeness (QED) is 0.493. The molecule has 0 saturated carbocycles. The smallest absolute Gasteiger partial charge is 0.0963 e. The molecular weight excluding hydrogens is 342 g/mol. The zero-order valence-corrected chi connectivity index (χ0v) is 15.4. The van der Waals surface area contributed by atoms with Crippen molar-refractivity contribution in [2.75, 3.05) is 13.2 Å². The van der Waals surface area contributed by atoms with Crippen molar-refractivity contribution >= 4 is 12.4 Å². The van der Waals surface area contributed by atoms with Crippen LogP contribution in [0.15, 0.2) is 30.3 Å². The summed E-state index contributed by atoms with van der Waals surface area (Å²) in [6.07, 6.45) is -0.271. The lowest BCUT2D eigenvalue weighted by Gasteiger charge is -2.18. The Kier molecular flexibility index (Phi) is 8.08. The third-order valence-corrected chi connectivity index (χ3v) is 4.36. The van der Waals surface area contributed by atoms with Crippen LogP contribution >= 0.6 is 12.4 Å². The Morgan fingerprint density at radius 3 is 2.16 bits per heavy atom. The summed E-state index contributed by atoms with van der Waals surface area (Å²) in [6.45, 7) is 3.73. The van der Waals surface area contributed by atoms with Crippen LogP contribution in [0.5, 0.6) is 0 Å². The number of benzene rings is 1. The van der Waals surface area contributed by atoms with Crippen molar-refractivity contribution in [2.45, 2.75) is 38.5 Å². The van der Waals surface area contributed by atoms with Crippen molar-refractivity contribution in [3.8, 4) is 5.69 Å². The molecule has 25 heavy (non-hydrogen) atoms. The molecule has 0 spiro atoms. The second kappa shape index (κ2) is 9.33. The summed E-state index contributed by atoms with van der Waals surface area (Å²) in [4.78, 5) is 0. The number of hydrogen-bond acceptors (Lipinski definition) is 5. The van der Waals surface area contributed by atoms with Gasteiger partial charge in [0.15, 0.2) is 0 Å². The highest BCUT2D eigenvalue weighted by atomic mass is 35.5. The van der Waals surface area contributed by atoms with Gasteiger partial charge >= 0.3 is 0 Å². The molecule has 1 heterocycles. The predicted molar refractivity (Wildman–Crippen MR) is 101 cm³/mol. The van der Waals surface area contributed by atoms with Gasteiger partial charge in [-0.1, -0.05) is 12.1 Å². The summed E-state index contributed by atoms with van der Waals surface area (Å²) >= 11 is 0. The lowest BCUT2D eigenvalue weighted by Crippen LogP contribution is -2.31.